The minimum atomic E-state index is -1.64. The van der Waals surface area contributed by atoms with E-state index >= 15 is 17.6 Å². The van der Waals surface area contributed by atoms with Gasteiger partial charge in [0.15, 0.2) is 34.8 Å². The van der Waals surface area contributed by atoms with Crippen molar-refractivity contribution in [3.63, 3.8) is 0 Å². The molecule has 3 aromatic carbocycles. The molecule has 2 saturated heterocycles. The molecule has 0 atom stereocenters. The Morgan fingerprint density at radius 3 is 1.34 bits per heavy atom. The van der Waals surface area contributed by atoms with Gasteiger partial charge in [-0.25, -0.2) is 27.5 Å². The van der Waals surface area contributed by atoms with E-state index in [1.165, 1.54) is 62.8 Å². The largest absolute Gasteiger partial charge is 0.338 e. The van der Waals surface area contributed by atoms with Gasteiger partial charge in [-0.15, -0.1) is 0 Å². The van der Waals surface area contributed by atoms with Crippen LogP contribution >= 0.6 is 0 Å². The standard InChI is InChI=1S/C38H40F4N6O2/c39-33-31(37-43-25-13-11-23(21-27(25)45-37)29(49)9-7-19-47-15-3-1-4-16-47)34(40)36(42)32(35(33)41)38-44-26-14-12-24(22-28(26)46-38)30(50)10-8-20-48-17-5-2-6-18-48/h11-14,21-22H,1-10,15-20H2,(H,43,45)(H,44,46). The summed E-state index contributed by atoms with van der Waals surface area (Å²) in [5.74, 6) is -7.55. The number of carbonyl (C=O) groups is 2. The van der Waals surface area contributed by atoms with Gasteiger partial charge in [-0.1, -0.05) is 12.8 Å². The maximum Gasteiger partial charge on any atom is 0.173 e. The summed E-state index contributed by atoms with van der Waals surface area (Å²) in [7, 11) is 0. The van der Waals surface area contributed by atoms with Crippen molar-refractivity contribution in [2.75, 3.05) is 39.3 Å². The van der Waals surface area contributed by atoms with Crippen LogP contribution in [0.1, 0.15) is 84.9 Å². The van der Waals surface area contributed by atoms with Crippen LogP contribution in [0, 0.1) is 23.3 Å². The molecule has 0 spiro atoms. The topological polar surface area (TPSA) is 98.0 Å². The van der Waals surface area contributed by atoms with Crippen molar-refractivity contribution in [3.8, 4) is 22.8 Å². The highest BCUT2D eigenvalue weighted by molar-refractivity contribution is 6.00. The second-order valence-electron chi connectivity index (χ2n) is 13.5. The van der Waals surface area contributed by atoms with E-state index in [0.717, 1.165) is 52.1 Å². The summed E-state index contributed by atoms with van der Waals surface area (Å²) in [6.07, 6.45) is 9.31. The summed E-state index contributed by atoms with van der Waals surface area (Å²) in [6.45, 7) is 5.89. The fourth-order valence-electron chi connectivity index (χ4n) is 7.23. The molecule has 8 nitrogen and oxygen atoms in total. The number of aromatic amines is 2. The third-order valence-corrected chi connectivity index (χ3v) is 10.00. The lowest BCUT2D eigenvalue weighted by molar-refractivity contribution is 0.0965. The number of hydrogen-bond acceptors (Lipinski definition) is 6. The van der Waals surface area contributed by atoms with Crippen LogP contribution < -0.4 is 0 Å². The van der Waals surface area contributed by atoms with E-state index in [1.807, 2.05) is 0 Å². The van der Waals surface area contributed by atoms with Gasteiger partial charge in [0.05, 0.1) is 33.2 Å². The van der Waals surface area contributed by atoms with Gasteiger partial charge < -0.3 is 19.8 Å². The Labute approximate surface area is 287 Å². The summed E-state index contributed by atoms with van der Waals surface area (Å²) in [4.78, 5) is 44.3. The zero-order chi connectivity index (χ0) is 34.8. The Hall–Kier alpha value is -4.42. The Kier molecular flexibility index (Phi) is 10.1. The number of fused-ring (bicyclic) bond motifs is 2. The van der Waals surface area contributed by atoms with E-state index in [-0.39, 0.29) is 22.6 Å². The molecular weight excluding hydrogens is 648 g/mol. The minimum Gasteiger partial charge on any atom is -0.338 e. The molecule has 50 heavy (non-hydrogen) atoms. The Balaban J connectivity index is 1.08. The van der Waals surface area contributed by atoms with Crippen molar-refractivity contribution in [3.05, 3.63) is 70.8 Å². The van der Waals surface area contributed by atoms with Crippen LogP contribution in [0.15, 0.2) is 36.4 Å². The van der Waals surface area contributed by atoms with E-state index in [9.17, 15) is 9.59 Å². The molecule has 0 aliphatic carbocycles. The van der Waals surface area contributed by atoms with Gasteiger partial charge in [-0.2, -0.15) is 0 Å². The quantitative estimate of drug-likeness (QED) is 0.0779. The second-order valence-corrected chi connectivity index (χ2v) is 13.5. The molecule has 0 unspecified atom stereocenters. The molecule has 4 heterocycles. The maximum atomic E-state index is 15.6. The molecule has 0 bridgehead atoms. The van der Waals surface area contributed by atoms with Crippen molar-refractivity contribution < 1.29 is 27.2 Å². The van der Waals surface area contributed by atoms with E-state index in [2.05, 4.69) is 29.7 Å². The highest BCUT2D eigenvalue weighted by Crippen LogP contribution is 2.36. The first-order valence-corrected chi connectivity index (χ1v) is 17.6. The smallest absolute Gasteiger partial charge is 0.173 e. The Morgan fingerprint density at radius 1 is 0.580 bits per heavy atom. The zero-order valence-electron chi connectivity index (χ0n) is 27.9. The molecule has 2 fully saturated rings. The molecule has 2 aliphatic rings. The number of imidazole rings is 2. The highest BCUT2D eigenvalue weighted by atomic mass is 19.2. The van der Waals surface area contributed by atoms with Gasteiger partial charge in [0, 0.05) is 24.0 Å². The van der Waals surface area contributed by atoms with Crippen LogP contribution in [0.4, 0.5) is 17.6 Å². The number of piperidine rings is 2. The van der Waals surface area contributed by atoms with Gasteiger partial charge in [0.25, 0.3) is 0 Å². The van der Waals surface area contributed by atoms with Crippen LogP contribution in [-0.2, 0) is 0 Å². The normalized spacial score (nSPS) is 16.1. The van der Waals surface area contributed by atoms with E-state index < -0.39 is 46.0 Å². The molecule has 7 rings (SSSR count). The van der Waals surface area contributed by atoms with Crippen LogP contribution in [0.5, 0.6) is 0 Å². The highest BCUT2D eigenvalue weighted by Gasteiger charge is 2.30. The van der Waals surface area contributed by atoms with Gasteiger partial charge in [-0.05, 0) is 114 Å². The minimum absolute atomic E-state index is 0.0750. The first kappa shape index (κ1) is 34.0. The van der Waals surface area contributed by atoms with Crippen molar-refractivity contribution in [1.29, 1.82) is 0 Å². The fourth-order valence-corrected chi connectivity index (χ4v) is 7.23. The number of ketones is 2. The molecule has 0 amide bonds. The number of rotatable bonds is 12. The molecule has 2 aromatic heterocycles. The van der Waals surface area contributed by atoms with Gasteiger partial charge in [0.1, 0.15) is 11.6 Å². The summed E-state index contributed by atoms with van der Waals surface area (Å²) in [5, 5.41) is 0. The van der Waals surface area contributed by atoms with Crippen molar-refractivity contribution >= 4 is 33.6 Å². The number of H-pyrrole nitrogens is 2. The molecule has 0 saturated carbocycles. The molecular formula is C38H40F4N6O2. The lowest BCUT2D eigenvalue weighted by Crippen LogP contribution is -2.30. The van der Waals surface area contributed by atoms with E-state index in [0.29, 0.717) is 35.0 Å². The average Bonchev–Trinajstić information content (AvgIpc) is 3.75. The number of aromatic nitrogens is 4. The zero-order valence-corrected chi connectivity index (χ0v) is 27.9. The molecule has 2 aliphatic heterocycles. The van der Waals surface area contributed by atoms with Gasteiger partial charge in [0.2, 0.25) is 0 Å². The van der Waals surface area contributed by atoms with Crippen LogP contribution in [0.25, 0.3) is 44.8 Å². The third kappa shape index (κ3) is 7.09. The number of Topliss-reactive ketones (excluding diaryl/α,β-unsaturated/α-hetero) is 2. The number of halogens is 4. The molecule has 12 heteroatoms. The number of hydrogen-bond donors (Lipinski definition) is 2. The van der Waals surface area contributed by atoms with E-state index in [4.69, 9.17) is 0 Å². The van der Waals surface area contributed by atoms with Crippen LogP contribution in [0.2, 0.25) is 0 Å². The summed E-state index contributed by atoms with van der Waals surface area (Å²) < 4.78 is 62.4. The monoisotopic (exact) mass is 688 g/mol. The van der Waals surface area contributed by atoms with E-state index in [1.54, 1.807) is 12.1 Å². The summed E-state index contributed by atoms with van der Waals surface area (Å²) in [6, 6.07) is 9.31. The van der Waals surface area contributed by atoms with Crippen molar-refractivity contribution in [2.24, 2.45) is 0 Å². The number of benzene rings is 3. The average molecular weight is 689 g/mol. The molecule has 0 radical (unpaired) electrons. The van der Waals surface area contributed by atoms with Gasteiger partial charge in [-0.3, -0.25) is 9.59 Å². The SMILES string of the molecule is O=C(CCCN1CCCCC1)c1ccc2nc(-c3c(F)c(F)c(-c4nc5ccc(C(=O)CCCN6CCCCC6)cc5[nH]4)c(F)c3F)[nH]c2c1. The fraction of sp³-hybridized carbons (Fsp3) is 0.421. The van der Waals surface area contributed by atoms with Crippen LogP contribution in [-0.4, -0.2) is 80.6 Å². The predicted molar refractivity (Wildman–Crippen MR) is 184 cm³/mol. The number of nitrogens with one attached hydrogen (secondary N) is 2. The summed E-state index contributed by atoms with van der Waals surface area (Å²) in [5.41, 5.74) is -0.00465. The number of carbonyl (C=O) groups excluding carboxylic acids is 2. The molecule has 5 aromatic rings. The lowest BCUT2D eigenvalue weighted by atomic mass is 10.1. The first-order valence-electron chi connectivity index (χ1n) is 17.6. The maximum absolute atomic E-state index is 15.6. The Bertz CT molecular complexity index is 1870. The third-order valence-electron chi connectivity index (χ3n) is 10.00. The van der Waals surface area contributed by atoms with Crippen LogP contribution in [0.3, 0.4) is 0 Å². The van der Waals surface area contributed by atoms with Gasteiger partial charge >= 0.3 is 0 Å². The van der Waals surface area contributed by atoms with Crippen molar-refractivity contribution in [2.45, 2.75) is 64.2 Å². The number of nitrogens with zero attached hydrogens (tertiary/aromatic N) is 4. The summed E-state index contributed by atoms with van der Waals surface area (Å²) >= 11 is 0. The lowest BCUT2D eigenvalue weighted by Gasteiger charge is -2.26. The number of likely N-dealkylation sites (tertiary alicyclic amines) is 2. The first-order chi connectivity index (χ1) is 24.3. The molecule has 2 N–H and O–H groups in total. The Morgan fingerprint density at radius 2 is 0.960 bits per heavy atom. The predicted octanol–water partition coefficient (Wildman–Crippen LogP) is 8.23. The van der Waals surface area contributed by atoms with Crippen molar-refractivity contribution in [1.82, 2.24) is 29.7 Å². The second kappa shape index (κ2) is 14.8. The molecule has 262 valence electrons.